The fourth-order valence-corrected chi connectivity index (χ4v) is 4.57. The zero-order valence-corrected chi connectivity index (χ0v) is 22.1. The van der Waals surface area contributed by atoms with Crippen LogP contribution in [-0.2, 0) is 35.0 Å². The number of hydrogen-bond acceptors (Lipinski definition) is 4. The third-order valence-electron chi connectivity index (χ3n) is 6.61. The summed E-state index contributed by atoms with van der Waals surface area (Å²) >= 11 is 0. The predicted molar refractivity (Wildman–Crippen MR) is 135 cm³/mol. The molecule has 3 aromatic rings. The molecule has 1 aliphatic rings. The van der Waals surface area contributed by atoms with Crippen molar-refractivity contribution >= 4 is 11.8 Å². The average molecular weight is 583 g/mol. The summed E-state index contributed by atoms with van der Waals surface area (Å²) < 4.78 is 92.0. The highest BCUT2D eigenvalue weighted by Crippen LogP contribution is 2.36. The molecule has 0 N–H and O–H groups in total. The maximum absolute atomic E-state index is 13.6. The second-order valence-corrected chi connectivity index (χ2v) is 9.86. The van der Waals surface area contributed by atoms with Gasteiger partial charge in [0, 0.05) is 25.3 Å². The van der Waals surface area contributed by atoms with Crippen LogP contribution in [0.25, 0.3) is 0 Å². The van der Waals surface area contributed by atoms with Crippen molar-refractivity contribution in [1.29, 1.82) is 0 Å². The van der Waals surface area contributed by atoms with Gasteiger partial charge in [0.1, 0.15) is 18.1 Å². The van der Waals surface area contributed by atoms with Gasteiger partial charge in [-0.3, -0.25) is 9.59 Å². The van der Waals surface area contributed by atoms with Crippen molar-refractivity contribution in [2.75, 3.05) is 19.7 Å². The molecule has 4 rings (SSSR count). The smallest absolute Gasteiger partial charge is 0.416 e. The van der Waals surface area contributed by atoms with E-state index in [-0.39, 0.29) is 25.7 Å². The first-order chi connectivity index (χ1) is 19.3. The molecule has 1 aromatic heterocycles. The predicted octanol–water partition coefficient (Wildman–Crippen LogP) is 6.48. The van der Waals surface area contributed by atoms with Crippen LogP contribution >= 0.6 is 0 Å². The number of furan rings is 1. The number of rotatable bonds is 9. The number of hydrogen-bond donors (Lipinski definition) is 0. The minimum Gasteiger partial charge on any atom is -0.464 e. The SMILES string of the molecule is Cc1ccc(CN(Cc2ccccc2)C(=O)CN(CC2CCCO2)C(=O)c2cc(C(F)(F)F)cc(C(F)(F)F)c2)o1. The molecule has 1 saturated heterocycles. The summed E-state index contributed by atoms with van der Waals surface area (Å²) in [5.41, 5.74) is -3.28. The summed E-state index contributed by atoms with van der Waals surface area (Å²) in [6, 6.07) is 13.1. The van der Waals surface area contributed by atoms with E-state index in [0.29, 0.717) is 43.1 Å². The van der Waals surface area contributed by atoms with Gasteiger partial charge in [-0.25, -0.2) is 0 Å². The summed E-state index contributed by atoms with van der Waals surface area (Å²) in [6.07, 6.45) is -9.58. The topological polar surface area (TPSA) is 63.0 Å². The molecule has 12 heteroatoms. The molecule has 1 atom stereocenters. The van der Waals surface area contributed by atoms with E-state index in [9.17, 15) is 35.9 Å². The Balaban J connectivity index is 1.66. The highest BCUT2D eigenvalue weighted by Gasteiger charge is 2.38. The Morgan fingerprint density at radius 2 is 1.54 bits per heavy atom. The van der Waals surface area contributed by atoms with Crippen molar-refractivity contribution < 1.29 is 45.1 Å². The van der Waals surface area contributed by atoms with Gasteiger partial charge in [-0.2, -0.15) is 26.3 Å². The maximum atomic E-state index is 13.6. The molecule has 2 heterocycles. The fourth-order valence-electron chi connectivity index (χ4n) is 4.57. The maximum Gasteiger partial charge on any atom is 0.416 e. The number of ether oxygens (including phenoxy) is 1. The van der Waals surface area contributed by atoms with Crippen molar-refractivity contribution in [1.82, 2.24) is 9.80 Å². The number of carbonyl (C=O) groups is 2. The van der Waals surface area contributed by atoms with Crippen LogP contribution < -0.4 is 0 Å². The number of benzene rings is 2. The van der Waals surface area contributed by atoms with Gasteiger partial charge in [0.15, 0.2) is 0 Å². The molecule has 0 bridgehead atoms. The van der Waals surface area contributed by atoms with Crippen molar-refractivity contribution in [2.24, 2.45) is 0 Å². The zero-order valence-electron chi connectivity index (χ0n) is 22.1. The third-order valence-corrected chi connectivity index (χ3v) is 6.61. The van der Waals surface area contributed by atoms with Crippen molar-refractivity contribution in [2.45, 2.75) is 51.3 Å². The Kier molecular flexibility index (Phi) is 9.11. The van der Waals surface area contributed by atoms with Crippen LogP contribution in [0.1, 0.15) is 51.4 Å². The van der Waals surface area contributed by atoms with Crippen LogP contribution in [0.2, 0.25) is 0 Å². The highest BCUT2D eigenvalue weighted by molar-refractivity contribution is 5.97. The second kappa shape index (κ2) is 12.4. The highest BCUT2D eigenvalue weighted by atomic mass is 19.4. The molecule has 41 heavy (non-hydrogen) atoms. The molecule has 0 aliphatic carbocycles. The number of nitrogens with zero attached hydrogens (tertiary/aromatic N) is 2. The average Bonchev–Trinajstić information content (AvgIpc) is 3.58. The number of amides is 2. The first kappa shape index (κ1) is 30.2. The summed E-state index contributed by atoms with van der Waals surface area (Å²) in [4.78, 5) is 29.5. The van der Waals surface area contributed by atoms with Gasteiger partial charge in [0.25, 0.3) is 5.91 Å². The molecule has 6 nitrogen and oxygen atoms in total. The number of aryl methyl sites for hydroxylation is 1. The summed E-state index contributed by atoms with van der Waals surface area (Å²) in [5, 5.41) is 0. The molecular weight excluding hydrogens is 554 g/mol. The molecule has 220 valence electrons. The standard InChI is InChI=1S/C29H28F6N2O4/c1-19-9-10-25(41-19)17-36(15-20-6-3-2-4-7-20)26(38)18-37(16-24-8-5-11-40-24)27(39)21-12-22(28(30,31)32)14-23(13-21)29(33,34)35/h2-4,6-7,9-10,12-14,24H,5,8,11,15-18H2,1H3. The molecule has 0 spiro atoms. The monoisotopic (exact) mass is 582 g/mol. The lowest BCUT2D eigenvalue weighted by Gasteiger charge is -2.29. The van der Waals surface area contributed by atoms with Crippen LogP contribution in [0.5, 0.6) is 0 Å². The van der Waals surface area contributed by atoms with E-state index >= 15 is 0 Å². The van der Waals surface area contributed by atoms with Gasteiger partial charge < -0.3 is 19.0 Å². The molecule has 2 amide bonds. The Hall–Kier alpha value is -3.80. The van der Waals surface area contributed by atoms with Crippen LogP contribution in [0.3, 0.4) is 0 Å². The Bertz CT molecular complexity index is 1320. The lowest BCUT2D eigenvalue weighted by Crippen LogP contribution is -2.45. The Labute approximate surface area is 232 Å². The molecule has 2 aromatic carbocycles. The van der Waals surface area contributed by atoms with Gasteiger partial charge in [0.2, 0.25) is 5.91 Å². The van der Waals surface area contributed by atoms with E-state index in [2.05, 4.69) is 0 Å². The minimum absolute atomic E-state index is 0.0330. The Morgan fingerprint density at radius 1 is 0.878 bits per heavy atom. The number of alkyl halides is 6. The van der Waals surface area contributed by atoms with E-state index < -0.39 is 53.5 Å². The quantitative estimate of drug-likeness (QED) is 0.271. The summed E-state index contributed by atoms with van der Waals surface area (Å²) in [6.45, 7) is 1.51. The van der Waals surface area contributed by atoms with Crippen LogP contribution in [0.4, 0.5) is 26.3 Å². The zero-order chi connectivity index (χ0) is 29.8. The lowest BCUT2D eigenvalue weighted by molar-refractivity contribution is -0.143. The molecule has 0 saturated carbocycles. The van der Waals surface area contributed by atoms with E-state index in [1.54, 1.807) is 49.4 Å². The first-order valence-electron chi connectivity index (χ1n) is 12.9. The molecule has 1 fully saturated rings. The largest absolute Gasteiger partial charge is 0.464 e. The molecule has 1 unspecified atom stereocenters. The molecule has 1 aliphatic heterocycles. The van der Waals surface area contributed by atoms with Crippen LogP contribution in [0.15, 0.2) is 65.1 Å². The minimum atomic E-state index is -5.13. The number of carbonyl (C=O) groups excluding carboxylic acids is 2. The first-order valence-corrected chi connectivity index (χ1v) is 12.9. The van der Waals surface area contributed by atoms with Gasteiger partial charge in [-0.15, -0.1) is 0 Å². The summed E-state index contributed by atoms with van der Waals surface area (Å²) in [7, 11) is 0. The van der Waals surface area contributed by atoms with Crippen molar-refractivity contribution in [3.63, 3.8) is 0 Å². The molecule has 0 radical (unpaired) electrons. The van der Waals surface area contributed by atoms with E-state index in [1.807, 2.05) is 0 Å². The fraction of sp³-hybridized carbons (Fsp3) is 0.379. The third kappa shape index (κ3) is 8.12. The normalized spacial score (nSPS) is 15.6. The van der Waals surface area contributed by atoms with Crippen LogP contribution in [0, 0.1) is 6.92 Å². The van der Waals surface area contributed by atoms with Gasteiger partial charge >= 0.3 is 12.4 Å². The van der Waals surface area contributed by atoms with Gasteiger partial charge in [-0.05, 0) is 55.7 Å². The van der Waals surface area contributed by atoms with E-state index in [0.717, 1.165) is 10.5 Å². The van der Waals surface area contributed by atoms with Crippen molar-refractivity contribution in [3.05, 3.63) is 94.4 Å². The Morgan fingerprint density at radius 3 is 2.07 bits per heavy atom. The summed E-state index contributed by atoms with van der Waals surface area (Å²) in [5.74, 6) is -0.625. The second-order valence-electron chi connectivity index (χ2n) is 9.86. The number of halogens is 6. The van der Waals surface area contributed by atoms with Gasteiger partial charge in [0.05, 0.1) is 23.8 Å². The lowest BCUT2D eigenvalue weighted by atomic mass is 10.0. The van der Waals surface area contributed by atoms with E-state index in [4.69, 9.17) is 9.15 Å². The van der Waals surface area contributed by atoms with Crippen molar-refractivity contribution in [3.8, 4) is 0 Å². The molecular formula is C29H28F6N2O4. The van der Waals surface area contributed by atoms with Crippen LogP contribution in [-0.4, -0.2) is 47.4 Å². The van der Waals surface area contributed by atoms with E-state index in [1.165, 1.54) is 4.90 Å². The van der Waals surface area contributed by atoms with Gasteiger partial charge in [-0.1, -0.05) is 30.3 Å².